The highest BCUT2D eigenvalue weighted by molar-refractivity contribution is 7.90. The second-order valence-corrected chi connectivity index (χ2v) is 10.6. The molecule has 198 valence electrons. The summed E-state index contributed by atoms with van der Waals surface area (Å²) in [6.45, 7) is 1.06. The fourth-order valence-electron chi connectivity index (χ4n) is 3.35. The second kappa shape index (κ2) is 10.9. The number of nitrogen functional groups attached to an aromatic ring is 1. The van der Waals surface area contributed by atoms with Crippen molar-refractivity contribution in [2.75, 3.05) is 12.0 Å². The van der Waals surface area contributed by atoms with Gasteiger partial charge in [0.05, 0.1) is 11.6 Å². The summed E-state index contributed by atoms with van der Waals surface area (Å²) in [5.74, 6) is -3.14. The number of anilines is 1. The third kappa shape index (κ3) is 6.89. The van der Waals surface area contributed by atoms with Crippen LogP contribution in [0.1, 0.15) is 35.2 Å². The Labute approximate surface area is 215 Å². The largest absolute Gasteiger partial charge is 0.473 e. The van der Waals surface area contributed by atoms with Gasteiger partial charge in [0, 0.05) is 23.4 Å². The number of amides is 1. The quantitative estimate of drug-likeness (QED) is 0.301. The Kier molecular flexibility index (Phi) is 8.33. The lowest BCUT2D eigenvalue weighted by Crippen LogP contribution is -2.28. The molecule has 0 saturated carbocycles. The molecule has 13 heteroatoms. The van der Waals surface area contributed by atoms with Crippen molar-refractivity contribution < 1.29 is 35.5 Å². The molecule has 3 aromatic rings. The molecule has 0 saturated heterocycles. The first-order valence-electron chi connectivity index (χ1n) is 10.7. The summed E-state index contributed by atoms with van der Waals surface area (Å²) in [6.07, 6.45) is -3.89. The van der Waals surface area contributed by atoms with Crippen molar-refractivity contribution >= 4 is 33.0 Å². The maximum atomic E-state index is 14.5. The summed E-state index contributed by atoms with van der Waals surface area (Å²) in [5.41, 5.74) is 4.92. The first kappa shape index (κ1) is 28.2. The summed E-state index contributed by atoms with van der Waals surface area (Å²) in [5, 5.41) is 3.02. The van der Waals surface area contributed by atoms with Gasteiger partial charge in [0.2, 0.25) is 11.8 Å². The van der Waals surface area contributed by atoms with E-state index in [1.54, 1.807) is 24.3 Å². The van der Waals surface area contributed by atoms with E-state index in [9.17, 15) is 30.8 Å². The molecule has 1 amide bonds. The number of rotatable bonds is 8. The average molecular weight is 560 g/mol. The van der Waals surface area contributed by atoms with Crippen molar-refractivity contribution in [1.82, 2.24) is 10.3 Å². The lowest BCUT2D eigenvalue weighted by Gasteiger charge is -2.17. The molecule has 0 aliphatic carbocycles. The minimum Gasteiger partial charge on any atom is -0.473 e. The highest BCUT2D eigenvalue weighted by Crippen LogP contribution is 2.32. The molecule has 3 rings (SSSR count). The van der Waals surface area contributed by atoms with Gasteiger partial charge in [-0.25, -0.2) is 17.8 Å². The van der Waals surface area contributed by atoms with E-state index in [2.05, 4.69) is 10.3 Å². The smallest absolute Gasteiger partial charge is 0.433 e. The number of benzene rings is 2. The van der Waals surface area contributed by atoms with Crippen LogP contribution >= 0.6 is 11.6 Å². The molecule has 0 bridgehead atoms. The van der Waals surface area contributed by atoms with Crippen LogP contribution < -0.4 is 15.8 Å². The molecule has 0 aliphatic rings. The van der Waals surface area contributed by atoms with E-state index < -0.39 is 49.9 Å². The van der Waals surface area contributed by atoms with E-state index in [1.807, 2.05) is 0 Å². The number of halogens is 5. The number of pyridine rings is 1. The molecule has 0 fully saturated rings. The van der Waals surface area contributed by atoms with E-state index >= 15 is 0 Å². The van der Waals surface area contributed by atoms with Crippen LogP contribution in [0.3, 0.4) is 0 Å². The number of hydrogen-bond donors (Lipinski definition) is 2. The fraction of sp³-hybridized carbons (Fsp3) is 0.250. The molecule has 1 aromatic heterocycles. The number of carbonyl (C=O) groups is 1. The zero-order valence-corrected chi connectivity index (χ0v) is 21.1. The molecule has 3 N–H and O–H groups in total. The van der Waals surface area contributed by atoms with Gasteiger partial charge in [-0.15, -0.1) is 0 Å². The minimum atomic E-state index is -4.71. The van der Waals surface area contributed by atoms with Crippen molar-refractivity contribution in [2.24, 2.45) is 0 Å². The zero-order valence-electron chi connectivity index (χ0n) is 19.6. The van der Waals surface area contributed by atoms with Gasteiger partial charge in [0.15, 0.2) is 15.7 Å². The summed E-state index contributed by atoms with van der Waals surface area (Å²) >= 11 is 5.84. The van der Waals surface area contributed by atoms with Crippen molar-refractivity contribution in [3.63, 3.8) is 0 Å². The number of aromatic nitrogens is 1. The SMILES string of the molecule is CC(C(=O)NCc1ccc(C(F)(F)F)nc1OCc1ccc(Cl)cc1)c1ccc(S(C)(=O)=O)c(F)c1N. The van der Waals surface area contributed by atoms with Crippen LogP contribution in [0.5, 0.6) is 5.88 Å². The number of carbonyl (C=O) groups excluding carboxylic acids is 1. The Balaban J connectivity index is 1.80. The van der Waals surface area contributed by atoms with Gasteiger partial charge in [-0.1, -0.05) is 29.8 Å². The number of hydrogen-bond acceptors (Lipinski definition) is 6. The molecule has 1 heterocycles. The Hall–Kier alpha value is -3.38. The van der Waals surface area contributed by atoms with E-state index in [0.29, 0.717) is 10.6 Å². The summed E-state index contributed by atoms with van der Waals surface area (Å²) in [4.78, 5) is 15.7. The van der Waals surface area contributed by atoms with Crippen LogP contribution in [0.25, 0.3) is 0 Å². The van der Waals surface area contributed by atoms with Crippen LogP contribution in [0.2, 0.25) is 5.02 Å². The first-order valence-corrected chi connectivity index (χ1v) is 13.0. The predicted molar refractivity (Wildman–Crippen MR) is 129 cm³/mol. The molecular formula is C24H22ClF4N3O4S. The number of nitrogens with zero attached hydrogens (tertiary/aromatic N) is 1. The van der Waals surface area contributed by atoms with E-state index in [4.69, 9.17) is 22.1 Å². The standard InChI is InChI=1S/C24H22ClF4N3O4S/c1-13(17-8-9-18(37(2,34)35)20(26)21(17)30)22(33)31-11-15-5-10-19(24(27,28)29)32-23(15)36-12-14-3-6-16(25)7-4-14/h3-10,13H,11-12,30H2,1-2H3,(H,31,33). The zero-order chi connectivity index (χ0) is 27.5. The third-order valence-corrected chi connectivity index (χ3v) is 6.77. The van der Waals surface area contributed by atoms with Crippen molar-refractivity contribution in [2.45, 2.75) is 37.1 Å². The molecule has 0 radical (unpaired) electrons. The van der Waals surface area contributed by atoms with Gasteiger partial charge in [0.25, 0.3) is 0 Å². The monoisotopic (exact) mass is 559 g/mol. The predicted octanol–water partition coefficient (Wildman–Crippen LogP) is 4.88. The van der Waals surface area contributed by atoms with Gasteiger partial charge in [-0.05, 0) is 48.4 Å². The highest BCUT2D eigenvalue weighted by Gasteiger charge is 2.33. The Bertz CT molecular complexity index is 1410. The van der Waals surface area contributed by atoms with Crippen LogP contribution in [-0.2, 0) is 34.0 Å². The van der Waals surface area contributed by atoms with Crippen molar-refractivity contribution in [3.8, 4) is 5.88 Å². The summed E-state index contributed by atoms with van der Waals surface area (Å²) in [7, 11) is -3.87. The van der Waals surface area contributed by atoms with Gasteiger partial charge >= 0.3 is 6.18 Å². The van der Waals surface area contributed by atoms with Gasteiger partial charge < -0.3 is 15.8 Å². The fourth-order valence-corrected chi connectivity index (χ4v) is 4.22. The van der Waals surface area contributed by atoms with E-state index in [0.717, 1.165) is 24.5 Å². The maximum Gasteiger partial charge on any atom is 0.433 e. The molecule has 0 aliphatic heterocycles. The topological polar surface area (TPSA) is 111 Å². The van der Waals surface area contributed by atoms with E-state index in [1.165, 1.54) is 13.0 Å². The van der Waals surface area contributed by atoms with Gasteiger partial charge in [-0.2, -0.15) is 13.2 Å². The molecule has 37 heavy (non-hydrogen) atoms. The molecule has 2 aromatic carbocycles. The number of nitrogens with two attached hydrogens (primary N) is 1. The molecule has 0 spiro atoms. The minimum absolute atomic E-state index is 0.0483. The van der Waals surface area contributed by atoms with Crippen molar-refractivity contribution in [3.05, 3.63) is 81.8 Å². The summed E-state index contributed by atoms with van der Waals surface area (Å²) in [6, 6.07) is 10.6. The van der Waals surface area contributed by atoms with Crippen LogP contribution in [0.15, 0.2) is 53.4 Å². The lowest BCUT2D eigenvalue weighted by molar-refractivity contribution is -0.141. The second-order valence-electron chi connectivity index (χ2n) is 8.17. The van der Waals surface area contributed by atoms with E-state index in [-0.39, 0.29) is 30.2 Å². The Morgan fingerprint density at radius 3 is 2.38 bits per heavy atom. The maximum absolute atomic E-state index is 14.5. The van der Waals surface area contributed by atoms with Gasteiger partial charge in [0.1, 0.15) is 17.2 Å². The van der Waals surface area contributed by atoms with Crippen LogP contribution in [0.4, 0.5) is 23.2 Å². The normalized spacial score (nSPS) is 12.7. The highest BCUT2D eigenvalue weighted by atomic mass is 35.5. The molecule has 7 nitrogen and oxygen atoms in total. The lowest BCUT2D eigenvalue weighted by atomic mass is 9.98. The number of alkyl halides is 3. The third-order valence-electron chi connectivity index (χ3n) is 5.41. The van der Waals surface area contributed by atoms with Crippen LogP contribution in [0, 0.1) is 5.82 Å². The number of nitrogens with one attached hydrogen (secondary N) is 1. The van der Waals surface area contributed by atoms with Crippen LogP contribution in [-0.4, -0.2) is 25.6 Å². The number of sulfone groups is 1. The summed E-state index contributed by atoms with van der Waals surface area (Å²) < 4.78 is 83.0. The molecule has 1 atom stereocenters. The number of ether oxygens (including phenoxy) is 1. The molecular weight excluding hydrogens is 538 g/mol. The Morgan fingerprint density at radius 1 is 1.14 bits per heavy atom. The average Bonchev–Trinajstić information content (AvgIpc) is 2.82. The van der Waals surface area contributed by atoms with Crippen molar-refractivity contribution in [1.29, 1.82) is 0 Å². The van der Waals surface area contributed by atoms with Gasteiger partial charge in [-0.3, -0.25) is 4.79 Å². The first-order chi connectivity index (χ1) is 17.2. The Morgan fingerprint density at radius 2 is 1.78 bits per heavy atom. The molecule has 1 unspecified atom stereocenters.